The second-order valence-corrected chi connectivity index (χ2v) is 9.80. The van der Waals surface area contributed by atoms with E-state index in [0.717, 1.165) is 29.0 Å². The maximum absolute atomic E-state index is 12.9. The SMILES string of the molecule is Cc1ccc2c(c1)/C(=C/NC1C=CC(C(=O)Nc3cccc(C(C)C)c3)=C1)CC(c1ccccc1)O2. The molecule has 4 heteroatoms. The highest BCUT2D eigenvalue weighted by atomic mass is 16.5. The van der Waals surface area contributed by atoms with Crippen LogP contribution in [0.15, 0.2) is 103 Å². The third-order valence-corrected chi connectivity index (χ3v) is 6.69. The number of ether oxygens (including phenoxy) is 1. The van der Waals surface area contributed by atoms with Crippen LogP contribution < -0.4 is 15.4 Å². The predicted octanol–water partition coefficient (Wildman–Crippen LogP) is 7.08. The molecular formula is C32H32N2O2. The van der Waals surface area contributed by atoms with Crippen LogP contribution in [0, 0.1) is 6.92 Å². The number of rotatable bonds is 6. The second-order valence-electron chi connectivity index (χ2n) is 9.80. The number of nitrogens with one attached hydrogen (secondary N) is 2. The van der Waals surface area contributed by atoms with Crippen LogP contribution in [0.3, 0.4) is 0 Å². The van der Waals surface area contributed by atoms with E-state index in [1.165, 1.54) is 16.7 Å². The Labute approximate surface area is 213 Å². The Kier molecular flexibility index (Phi) is 6.77. The Morgan fingerprint density at radius 3 is 2.67 bits per heavy atom. The molecule has 1 amide bonds. The average molecular weight is 477 g/mol. The molecule has 0 saturated carbocycles. The van der Waals surface area contributed by atoms with Gasteiger partial charge in [-0.3, -0.25) is 4.79 Å². The van der Waals surface area contributed by atoms with Gasteiger partial charge >= 0.3 is 0 Å². The van der Waals surface area contributed by atoms with Gasteiger partial charge in [-0.25, -0.2) is 0 Å². The highest BCUT2D eigenvalue weighted by molar-refractivity contribution is 6.06. The van der Waals surface area contributed by atoms with Crippen LogP contribution >= 0.6 is 0 Å². The van der Waals surface area contributed by atoms with Crippen LogP contribution in [0.4, 0.5) is 5.69 Å². The molecule has 1 aliphatic heterocycles. The molecule has 2 atom stereocenters. The summed E-state index contributed by atoms with van der Waals surface area (Å²) in [5.74, 6) is 1.21. The number of fused-ring (bicyclic) bond motifs is 1. The molecule has 2 N–H and O–H groups in total. The van der Waals surface area contributed by atoms with Crippen LogP contribution in [-0.2, 0) is 4.79 Å². The number of amides is 1. The minimum atomic E-state index is -0.0970. The number of benzene rings is 3. The first-order valence-corrected chi connectivity index (χ1v) is 12.6. The van der Waals surface area contributed by atoms with Crippen molar-refractivity contribution in [1.82, 2.24) is 5.32 Å². The summed E-state index contributed by atoms with van der Waals surface area (Å²) in [5.41, 5.74) is 7.35. The molecule has 1 heterocycles. The summed E-state index contributed by atoms with van der Waals surface area (Å²) in [5, 5.41) is 6.53. The highest BCUT2D eigenvalue weighted by Crippen LogP contribution is 2.41. The first-order chi connectivity index (χ1) is 17.5. The van der Waals surface area contributed by atoms with E-state index in [0.29, 0.717) is 11.5 Å². The van der Waals surface area contributed by atoms with Crippen molar-refractivity contribution in [2.24, 2.45) is 0 Å². The molecule has 2 aliphatic rings. The molecule has 0 radical (unpaired) electrons. The monoisotopic (exact) mass is 476 g/mol. The van der Waals surface area contributed by atoms with Crippen molar-refractivity contribution in [2.75, 3.05) is 5.32 Å². The maximum Gasteiger partial charge on any atom is 0.255 e. The number of aryl methyl sites for hydroxylation is 1. The summed E-state index contributed by atoms with van der Waals surface area (Å²) in [6.07, 6.45) is 8.67. The van der Waals surface area contributed by atoms with E-state index in [4.69, 9.17) is 4.74 Å². The van der Waals surface area contributed by atoms with Gasteiger partial charge in [0.25, 0.3) is 5.91 Å². The lowest BCUT2D eigenvalue weighted by atomic mass is 9.92. The summed E-state index contributed by atoms with van der Waals surface area (Å²) in [6, 6.07) is 24.6. The van der Waals surface area contributed by atoms with Gasteiger partial charge in [0.15, 0.2) is 0 Å². The maximum atomic E-state index is 12.9. The Morgan fingerprint density at radius 2 is 1.86 bits per heavy atom. The lowest BCUT2D eigenvalue weighted by Gasteiger charge is -2.29. The van der Waals surface area contributed by atoms with Crippen molar-refractivity contribution in [3.8, 4) is 5.75 Å². The Bertz CT molecular complexity index is 1350. The van der Waals surface area contributed by atoms with Crippen LogP contribution in [0.5, 0.6) is 5.75 Å². The van der Waals surface area contributed by atoms with E-state index >= 15 is 0 Å². The number of hydrogen-bond donors (Lipinski definition) is 2. The highest BCUT2D eigenvalue weighted by Gasteiger charge is 2.25. The molecule has 4 nitrogen and oxygen atoms in total. The van der Waals surface area contributed by atoms with Gasteiger partial charge in [0.2, 0.25) is 0 Å². The summed E-state index contributed by atoms with van der Waals surface area (Å²) < 4.78 is 6.36. The average Bonchev–Trinajstić information content (AvgIpc) is 3.37. The molecule has 182 valence electrons. The largest absolute Gasteiger partial charge is 0.485 e. The number of hydrogen-bond acceptors (Lipinski definition) is 3. The molecule has 0 saturated heterocycles. The predicted molar refractivity (Wildman–Crippen MR) is 147 cm³/mol. The van der Waals surface area contributed by atoms with E-state index in [1.54, 1.807) is 0 Å². The molecule has 0 fully saturated rings. The quantitative estimate of drug-likeness (QED) is 0.400. The summed E-state index contributed by atoms with van der Waals surface area (Å²) in [6.45, 7) is 6.39. The standard InChI is InChI=1S/C32H32N2O2/c1-21(2)24-10-7-11-28(17-24)34-32(35)25-13-14-27(18-25)33-20-26-19-31(23-8-5-4-6-9-23)36-30-15-12-22(3)16-29(26)30/h4-18,20-21,27,31,33H,19H2,1-3H3,(H,34,35)/b26-20+. The van der Waals surface area contributed by atoms with Gasteiger partial charge in [0.05, 0.1) is 6.04 Å². The first kappa shape index (κ1) is 23.7. The van der Waals surface area contributed by atoms with E-state index < -0.39 is 0 Å². The molecule has 3 aromatic rings. The summed E-state index contributed by atoms with van der Waals surface area (Å²) in [7, 11) is 0. The summed E-state index contributed by atoms with van der Waals surface area (Å²) in [4.78, 5) is 12.9. The second kappa shape index (κ2) is 10.3. The molecule has 2 unspecified atom stereocenters. The van der Waals surface area contributed by atoms with E-state index in [2.05, 4.69) is 74.0 Å². The third kappa shape index (κ3) is 5.28. The van der Waals surface area contributed by atoms with Gasteiger partial charge < -0.3 is 15.4 Å². The lowest BCUT2D eigenvalue weighted by molar-refractivity contribution is -0.112. The Balaban J connectivity index is 1.31. The topological polar surface area (TPSA) is 50.4 Å². The van der Waals surface area contributed by atoms with Crippen molar-refractivity contribution in [3.63, 3.8) is 0 Å². The van der Waals surface area contributed by atoms with Crippen molar-refractivity contribution >= 4 is 17.2 Å². The van der Waals surface area contributed by atoms with E-state index in [9.17, 15) is 4.79 Å². The van der Waals surface area contributed by atoms with Crippen molar-refractivity contribution < 1.29 is 9.53 Å². The zero-order valence-corrected chi connectivity index (χ0v) is 21.0. The first-order valence-electron chi connectivity index (χ1n) is 12.6. The minimum absolute atomic E-state index is 0.0351. The molecule has 0 aromatic heterocycles. The Hall–Kier alpha value is -4.05. The van der Waals surface area contributed by atoms with Gasteiger partial charge in [0.1, 0.15) is 11.9 Å². The molecule has 1 aliphatic carbocycles. The zero-order valence-electron chi connectivity index (χ0n) is 21.0. The van der Waals surface area contributed by atoms with Crippen LogP contribution in [0.1, 0.15) is 54.5 Å². The Morgan fingerprint density at radius 1 is 1.03 bits per heavy atom. The van der Waals surface area contributed by atoms with Gasteiger partial charge in [-0.05, 0) is 59.9 Å². The van der Waals surface area contributed by atoms with Crippen LogP contribution in [0.2, 0.25) is 0 Å². The van der Waals surface area contributed by atoms with Crippen molar-refractivity contribution in [3.05, 3.63) is 125 Å². The van der Waals surface area contributed by atoms with Gasteiger partial charge in [-0.2, -0.15) is 0 Å². The third-order valence-electron chi connectivity index (χ3n) is 6.69. The van der Waals surface area contributed by atoms with Crippen molar-refractivity contribution in [2.45, 2.75) is 45.3 Å². The van der Waals surface area contributed by atoms with Crippen molar-refractivity contribution in [1.29, 1.82) is 0 Å². The molecule has 3 aromatic carbocycles. The van der Waals surface area contributed by atoms with Gasteiger partial charge in [0, 0.05) is 29.4 Å². The van der Waals surface area contributed by atoms with Gasteiger partial charge in [-0.15, -0.1) is 0 Å². The van der Waals surface area contributed by atoms with E-state index in [-0.39, 0.29) is 18.1 Å². The molecule has 0 spiro atoms. The number of carbonyl (C=O) groups is 1. The molecule has 0 bridgehead atoms. The zero-order chi connectivity index (χ0) is 25.1. The smallest absolute Gasteiger partial charge is 0.255 e. The lowest BCUT2D eigenvalue weighted by Crippen LogP contribution is -2.21. The minimum Gasteiger partial charge on any atom is -0.485 e. The fourth-order valence-electron chi connectivity index (χ4n) is 4.63. The van der Waals surface area contributed by atoms with Crippen LogP contribution in [0.25, 0.3) is 5.57 Å². The molecule has 5 rings (SSSR count). The van der Waals surface area contributed by atoms with Crippen LogP contribution in [-0.4, -0.2) is 11.9 Å². The number of carbonyl (C=O) groups excluding carboxylic acids is 1. The summed E-state index contributed by atoms with van der Waals surface area (Å²) >= 11 is 0. The normalized spacial score (nSPS) is 19.6. The fourth-order valence-corrected chi connectivity index (χ4v) is 4.63. The molecule has 36 heavy (non-hydrogen) atoms. The fraction of sp³-hybridized carbons (Fsp3) is 0.219. The van der Waals surface area contributed by atoms with Gasteiger partial charge in [-0.1, -0.05) is 80.1 Å². The van der Waals surface area contributed by atoms with E-state index in [1.807, 2.05) is 54.6 Å². The number of anilines is 1. The molecular weight excluding hydrogens is 444 g/mol.